The minimum atomic E-state index is -0.479. The van der Waals surface area contributed by atoms with Gasteiger partial charge in [0.15, 0.2) is 5.76 Å². The van der Waals surface area contributed by atoms with Gasteiger partial charge in [-0.3, -0.25) is 9.69 Å². The lowest BCUT2D eigenvalue weighted by molar-refractivity contribution is 0.0994. The third-order valence-corrected chi connectivity index (χ3v) is 6.96. The highest BCUT2D eigenvalue weighted by atomic mass is 16.5. The van der Waals surface area contributed by atoms with E-state index < -0.39 is 12.0 Å². The van der Waals surface area contributed by atoms with E-state index >= 15 is 0 Å². The van der Waals surface area contributed by atoms with E-state index in [1.165, 1.54) is 28.4 Å². The van der Waals surface area contributed by atoms with Crippen LogP contribution in [-0.4, -0.2) is 54.1 Å². The van der Waals surface area contributed by atoms with Crippen molar-refractivity contribution in [2.24, 2.45) is 0 Å². The van der Waals surface area contributed by atoms with Gasteiger partial charge in [-0.1, -0.05) is 13.8 Å². The molecule has 0 spiro atoms. The average molecular weight is 539 g/mol. The van der Waals surface area contributed by atoms with Crippen molar-refractivity contribution in [3.63, 3.8) is 0 Å². The summed E-state index contributed by atoms with van der Waals surface area (Å²) in [5.74, 6) is 2.11. The number of carbonyl (C=O) groups is 2. The number of hydrogen-bond donors (Lipinski definition) is 1. The van der Waals surface area contributed by atoms with Crippen LogP contribution >= 0.6 is 0 Å². The molecular formula is C29H34N2O8. The summed E-state index contributed by atoms with van der Waals surface area (Å²) in [6.07, 6.45) is 0.663. The van der Waals surface area contributed by atoms with E-state index in [4.69, 9.17) is 28.1 Å². The number of carbonyl (C=O) groups excluding carboxylic acids is 2. The standard InChI is InChI=1S/C29H34N2O8/c1-29(2)10-11-31(28(33)38-7)26-17(13-19(34-3)14-21(26)29)12-18-8-9-22(39-18)27(32)30-25-23(36-5)15-20(35-4)16-24(25)37-6/h8-9,13-16H,10-12H2,1-7H3,(H,30,32). The van der Waals surface area contributed by atoms with Gasteiger partial charge in [0.2, 0.25) is 0 Å². The fourth-order valence-electron chi connectivity index (χ4n) is 4.77. The molecule has 0 atom stereocenters. The first-order chi connectivity index (χ1) is 18.6. The lowest BCUT2D eigenvalue weighted by Gasteiger charge is -2.39. The Bertz CT molecular complexity index is 1350. The fraction of sp³-hybridized carbons (Fsp3) is 0.379. The number of rotatable bonds is 8. The van der Waals surface area contributed by atoms with Gasteiger partial charge >= 0.3 is 6.09 Å². The second kappa shape index (κ2) is 11.2. The number of ether oxygens (including phenoxy) is 5. The second-order valence-electron chi connectivity index (χ2n) is 9.74. The molecule has 2 amide bonds. The van der Waals surface area contributed by atoms with Crippen LogP contribution in [0.3, 0.4) is 0 Å². The Morgan fingerprint density at radius 1 is 0.923 bits per heavy atom. The molecule has 0 bridgehead atoms. The van der Waals surface area contributed by atoms with Crippen LogP contribution in [0.5, 0.6) is 23.0 Å². The predicted molar refractivity (Wildman–Crippen MR) is 146 cm³/mol. The molecule has 2 heterocycles. The first-order valence-electron chi connectivity index (χ1n) is 12.4. The largest absolute Gasteiger partial charge is 0.497 e. The molecule has 3 aromatic rings. The number of benzene rings is 2. The molecule has 0 radical (unpaired) electrons. The summed E-state index contributed by atoms with van der Waals surface area (Å²) < 4.78 is 32.7. The molecule has 1 aliphatic rings. The molecule has 10 heteroatoms. The van der Waals surface area contributed by atoms with E-state index in [9.17, 15) is 9.59 Å². The molecule has 1 aliphatic heterocycles. The maximum Gasteiger partial charge on any atom is 0.414 e. The molecule has 0 saturated heterocycles. The molecule has 0 saturated carbocycles. The molecule has 10 nitrogen and oxygen atoms in total. The van der Waals surface area contributed by atoms with E-state index in [0.717, 1.165) is 23.2 Å². The first kappa shape index (κ1) is 27.7. The Hall–Kier alpha value is -4.34. The van der Waals surface area contributed by atoms with Gasteiger partial charge in [-0.25, -0.2) is 4.79 Å². The van der Waals surface area contributed by atoms with Crippen LogP contribution in [-0.2, 0) is 16.6 Å². The molecule has 208 valence electrons. The Kier molecular flexibility index (Phi) is 7.94. The van der Waals surface area contributed by atoms with Crippen molar-refractivity contribution in [2.75, 3.05) is 52.3 Å². The Labute approximate surface area is 227 Å². The zero-order valence-corrected chi connectivity index (χ0v) is 23.3. The third kappa shape index (κ3) is 5.45. The van der Waals surface area contributed by atoms with Crippen LogP contribution in [0.2, 0.25) is 0 Å². The lowest BCUT2D eigenvalue weighted by atomic mass is 9.76. The Morgan fingerprint density at radius 2 is 1.56 bits per heavy atom. The van der Waals surface area contributed by atoms with Crippen molar-refractivity contribution in [3.8, 4) is 23.0 Å². The number of furan rings is 1. The van der Waals surface area contributed by atoms with Crippen molar-refractivity contribution in [3.05, 3.63) is 59.0 Å². The molecule has 0 fully saturated rings. The zero-order chi connectivity index (χ0) is 28.3. The SMILES string of the molecule is COC(=O)N1CCC(C)(C)c2cc(OC)cc(Cc3ccc(C(=O)Nc4c(OC)cc(OC)cc4OC)o3)c21. The second-order valence-corrected chi connectivity index (χ2v) is 9.74. The topological polar surface area (TPSA) is 109 Å². The van der Waals surface area contributed by atoms with Gasteiger partial charge in [-0.2, -0.15) is 0 Å². The summed E-state index contributed by atoms with van der Waals surface area (Å²) in [6, 6.07) is 10.5. The molecule has 39 heavy (non-hydrogen) atoms. The van der Waals surface area contributed by atoms with Crippen molar-refractivity contribution >= 4 is 23.4 Å². The predicted octanol–water partition coefficient (Wildman–Crippen LogP) is 5.41. The molecule has 0 unspecified atom stereocenters. The molecule has 1 N–H and O–H groups in total. The van der Waals surface area contributed by atoms with E-state index in [1.54, 1.807) is 36.3 Å². The van der Waals surface area contributed by atoms with Crippen LogP contribution in [0.1, 0.15) is 47.7 Å². The van der Waals surface area contributed by atoms with Gasteiger partial charge in [0.1, 0.15) is 34.4 Å². The van der Waals surface area contributed by atoms with Gasteiger partial charge in [0.25, 0.3) is 5.91 Å². The Morgan fingerprint density at radius 3 is 2.15 bits per heavy atom. The summed E-state index contributed by atoms with van der Waals surface area (Å²) >= 11 is 0. The summed E-state index contributed by atoms with van der Waals surface area (Å²) in [5, 5.41) is 2.81. The highest BCUT2D eigenvalue weighted by molar-refractivity contribution is 6.04. The summed E-state index contributed by atoms with van der Waals surface area (Å²) in [5.41, 5.74) is 2.74. The van der Waals surface area contributed by atoms with Crippen LogP contribution in [0.4, 0.5) is 16.2 Å². The van der Waals surface area contributed by atoms with Crippen LogP contribution in [0, 0.1) is 0 Å². The van der Waals surface area contributed by atoms with Gasteiger partial charge in [-0.05, 0) is 47.2 Å². The highest BCUT2D eigenvalue weighted by Crippen LogP contribution is 2.45. The number of nitrogens with one attached hydrogen (secondary N) is 1. The summed E-state index contributed by atoms with van der Waals surface area (Å²) in [4.78, 5) is 27.5. The van der Waals surface area contributed by atoms with Crippen molar-refractivity contribution in [1.82, 2.24) is 0 Å². The molecule has 1 aromatic heterocycles. The minimum absolute atomic E-state index is 0.104. The maximum atomic E-state index is 13.1. The van der Waals surface area contributed by atoms with E-state index in [0.29, 0.717) is 47.4 Å². The van der Waals surface area contributed by atoms with Crippen molar-refractivity contribution in [1.29, 1.82) is 0 Å². The van der Waals surface area contributed by atoms with Crippen LogP contribution in [0.15, 0.2) is 40.8 Å². The lowest BCUT2D eigenvalue weighted by Crippen LogP contribution is -2.41. The zero-order valence-electron chi connectivity index (χ0n) is 23.3. The average Bonchev–Trinajstić information content (AvgIpc) is 3.41. The summed E-state index contributed by atoms with van der Waals surface area (Å²) in [7, 11) is 7.48. The number of hydrogen-bond acceptors (Lipinski definition) is 8. The molecular weight excluding hydrogens is 504 g/mol. The molecule has 2 aromatic carbocycles. The quantitative estimate of drug-likeness (QED) is 0.406. The van der Waals surface area contributed by atoms with Crippen LogP contribution < -0.4 is 29.2 Å². The number of anilines is 2. The van der Waals surface area contributed by atoms with Crippen LogP contribution in [0.25, 0.3) is 0 Å². The van der Waals surface area contributed by atoms with Gasteiger partial charge in [-0.15, -0.1) is 0 Å². The van der Waals surface area contributed by atoms with Gasteiger partial charge in [0.05, 0.1) is 41.2 Å². The van der Waals surface area contributed by atoms with Gasteiger partial charge < -0.3 is 33.4 Å². The van der Waals surface area contributed by atoms with Gasteiger partial charge in [0, 0.05) is 25.1 Å². The first-order valence-corrected chi connectivity index (χ1v) is 12.4. The molecule has 0 aliphatic carbocycles. The maximum absolute atomic E-state index is 13.1. The summed E-state index contributed by atoms with van der Waals surface area (Å²) in [6.45, 7) is 4.80. The van der Waals surface area contributed by atoms with E-state index in [-0.39, 0.29) is 11.2 Å². The van der Waals surface area contributed by atoms with Crippen molar-refractivity contribution < 1.29 is 37.7 Å². The monoisotopic (exact) mass is 538 g/mol. The van der Waals surface area contributed by atoms with E-state index in [2.05, 4.69) is 19.2 Å². The number of amides is 2. The number of nitrogens with zero attached hydrogens (tertiary/aromatic N) is 1. The number of methoxy groups -OCH3 is 5. The van der Waals surface area contributed by atoms with Crippen molar-refractivity contribution in [2.45, 2.75) is 32.1 Å². The fourth-order valence-corrected chi connectivity index (χ4v) is 4.77. The normalized spacial score (nSPS) is 13.8. The number of fused-ring (bicyclic) bond motifs is 1. The highest BCUT2D eigenvalue weighted by Gasteiger charge is 2.36. The Balaban J connectivity index is 1.66. The third-order valence-electron chi connectivity index (χ3n) is 6.96. The van der Waals surface area contributed by atoms with E-state index in [1.807, 2.05) is 12.1 Å². The molecule has 4 rings (SSSR count). The minimum Gasteiger partial charge on any atom is -0.497 e. The smallest absolute Gasteiger partial charge is 0.414 e.